The van der Waals surface area contributed by atoms with E-state index in [1.807, 2.05) is 6.20 Å². The molecule has 3 heterocycles. The molecule has 3 aliphatic rings. The highest BCUT2D eigenvalue weighted by Gasteiger charge is 2.51. The van der Waals surface area contributed by atoms with Crippen molar-refractivity contribution >= 4 is 38.9 Å². The average Bonchev–Trinajstić information content (AvgIpc) is 3.83. The second-order valence-electron chi connectivity index (χ2n) is 15.5. The Bertz CT molecular complexity index is 2980. The van der Waals surface area contributed by atoms with Gasteiger partial charge >= 0.3 is 0 Å². The van der Waals surface area contributed by atoms with Crippen molar-refractivity contribution in [3.63, 3.8) is 0 Å². The lowest BCUT2D eigenvalue weighted by molar-refractivity contribution is 0.624. The van der Waals surface area contributed by atoms with Crippen LogP contribution in [0.15, 0.2) is 176 Å². The van der Waals surface area contributed by atoms with E-state index in [1.54, 1.807) is 0 Å². The molecule has 0 amide bonds. The van der Waals surface area contributed by atoms with Gasteiger partial charge < -0.3 is 4.90 Å². The van der Waals surface area contributed by atoms with E-state index in [9.17, 15) is 0 Å². The van der Waals surface area contributed by atoms with Crippen LogP contribution in [-0.4, -0.2) is 9.55 Å². The minimum absolute atomic E-state index is 0.165. The van der Waals surface area contributed by atoms with Crippen LogP contribution in [0.2, 0.25) is 0 Å². The van der Waals surface area contributed by atoms with Crippen molar-refractivity contribution in [3.8, 4) is 28.1 Å². The fraction of sp³-hybridized carbons (Fsp3) is 0.0784. The molecule has 12 rings (SSSR count). The largest absolute Gasteiger partial charge is 0.310 e. The summed E-state index contributed by atoms with van der Waals surface area (Å²) < 4.78 is 2.39. The maximum absolute atomic E-state index is 4.98. The topological polar surface area (TPSA) is 21.1 Å². The Morgan fingerprint density at radius 2 is 1.02 bits per heavy atom. The fourth-order valence-corrected chi connectivity index (χ4v) is 10.4. The Morgan fingerprint density at radius 1 is 0.444 bits per heavy atom. The van der Waals surface area contributed by atoms with Crippen molar-refractivity contribution in [1.82, 2.24) is 9.55 Å². The van der Waals surface area contributed by atoms with E-state index in [-0.39, 0.29) is 5.41 Å². The van der Waals surface area contributed by atoms with Gasteiger partial charge in [0.25, 0.3) is 0 Å². The molecule has 0 saturated carbocycles. The zero-order valence-electron chi connectivity index (χ0n) is 30.1. The van der Waals surface area contributed by atoms with Crippen LogP contribution in [0.5, 0.6) is 0 Å². The van der Waals surface area contributed by atoms with Gasteiger partial charge in [-0.3, -0.25) is 4.57 Å². The molecule has 1 aliphatic heterocycles. The van der Waals surface area contributed by atoms with Crippen LogP contribution in [-0.2, 0) is 10.8 Å². The van der Waals surface area contributed by atoms with Crippen LogP contribution in [0.4, 0.5) is 17.1 Å². The minimum Gasteiger partial charge on any atom is -0.310 e. The van der Waals surface area contributed by atoms with E-state index in [1.165, 1.54) is 77.4 Å². The van der Waals surface area contributed by atoms with Crippen molar-refractivity contribution in [2.24, 2.45) is 0 Å². The molecule has 0 saturated heterocycles. The van der Waals surface area contributed by atoms with Crippen molar-refractivity contribution in [2.75, 3.05) is 4.90 Å². The highest BCUT2D eigenvalue weighted by molar-refractivity contribution is 6.12. The Morgan fingerprint density at radius 3 is 1.72 bits per heavy atom. The van der Waals surface area contributed by atoms with Gasteiger partial charge in [-0.25, -0.2) is 4.98 Å². The first-order chi connectivity index (χ1) is 26.6. The number of hydrogen-bond acceptors (Lipinski definition) is 2. The summed E-state index contributed by atoms with van der Waals surface area (Å²) in [6, 6.07) is 63.2. The highest BCUT2D eigenvalue weighted by atomic mass is 15.1. The molecule has 0 atom stereocenters. The Hall–Kier alpha value is -6.71. The third-order valence-electron chi connectivity index (χ3n) is 12.6. The van der Waals surface area contributed by atoms with Crippen LogP contribution >= 0.6 is 0 Å². The first-order valence-electron chi connectivity index (χ1n) is 18.9. The molecule has 0 bridgehead atoms. The number of nitrogens with zero attached hydrogens (tertiary/aromatic N) is 3. The molecule has 0 radical (unpaired) electrons. The predicted molar refractivity (Wildman–Crippen MR) is 222 cm³/mol. The van der Waals surface area contributed by atoms with Gasteiger partial charge in [0.2, 0.25) is 0 Å². The minimum atomic E-state index is -0.409. The fourth-order valence-electron chi connectivity index (χ4n) is 10.4. The third-order valence-corrected chi connectivity index (χ3v) is 12.6. The molecule has 54 heavy (non-hydrogen) atoms. The number of rotatable bonds is 3. The summed E-state index contributed by atoms with van der Waals surface area (Å²) in [5.74, 6) is 1.02. The van der Waals surface area contributed by atoms with Gasteiger partial charge in [0, 0.05) is 45.0 Å². The van der Waals surface area contributed by atoms with Gasteiger partial charge in [0.1, 0.15) is 5.82 Å². The van der Waals surface area contributed by atoms with E-state index in [0.717, 1.165) is 22.9 Å². The highest BCUT2D eigenvalue weighted by Crippen LogP contribution is 2.63. The molecule has 3 heteroatoms. The van der Waals surface area contributed by atoms with Crippen molar-refractivity contribution in [3.05, 3.63) is 209 Å². The van der Waals surface area contributed by atoms with Gasteiger partial charge in [-0.2, -0.15) is 0 Å². The first-order valence-corrected chi connectivity index (χ1v) is 18.9. The number of aromatic nitrogens is 2. The molecule has 2 aliphatic carbocycles. The molecular formula is C51H35N3. The Labute approximate surface area is 314 Å². The number of hydrogen-bond donors (Lipinski definition) is 0. The average molecular weight is 690 g/mol. The van der Waals surface area contributed by atoms with Gasteiger partial charge in [-0.15, -0.1) is 0 Å². The second-order valence-corrected chi connectivity index (χ2v) is 15.5. The van der Waals surface area contributed by atoms with E-state index in [4.69, 9.17) is 4.98 Å². The number of anilines is 3. The summed E-state index contributed by atoms with van der Waals surface area (Å²) in [6.07, 6.45) is 1.92. The molecule has 9 aromatic rings. The van der Waals surface area contributed by atoms with Crippen LogP contribution in [0.1, 0.15) is 47.2 Å². The summed E-state index contributed by atoms with van der Waals surface area (Å²) in [5, 5.41) is 2.48. The monoisotopic (exact) mass is 689 g/mol. The molecular weight excluding hydrogens is 655 g/mol. The standard InChI is InChI=1S/C51H35N3/c1-50(2)44-23-12-19-39-40-30-33(26-28-47(40)54(48(39)44)49-45(50)24-13-29-52-49)53(32-14-4-3-5-15-32)34-25-27-38-37-18-8-11-22-43(37)51(46(38)31-34)41-20-9-6-16-35(41)36-17-7-10-21-42(36)51/h3-31H,1-2H3. The molecule has 1 spiro atoms. The lowest BCUT2D eigenvalue weighted by atomic mass is 9.70. The maximum Gasteiger partial charge on any atom is 0.141 e. The molecule has 0 N–H and O–H groups in total. The maximum atomic E-state index is 4.98. The third kappa shape index (κ3) is 3.59. The van der Waals surface area contributed by atoms with E-state index < -0.39 is 5.41 Å². The molecule has 2 aromatic heterocycles. The molecule has 0 fully saturated rings. The van der Waals surface area contributed by atoms with Crippen molar-refractivity contribution < 1.29 is 0 Å². The van der Waals surface area contributed by atoms with Gasteiger partial charge in [0.15, 0.2) is 0 Å². The summed E-state index contributed by atoms with van der Waals surface area (Å²) >= 11 is 0. The molecule has 254 valence electrons. The lowest BCUT2D eigenvalue weighted by Crippen LogP contribution is -2.26. The molecule has 3 nitrogen and oxygen atoms in total. The predicted octanol–water partition coefficient (Wildman–Crippen LogP) is 12.6. The molecule has 7 aromatic carbocycles. The quantitative estimate of drug-likeness (QED) is 0.184. The van der Waals surface area contributed by atoms with Crippen molar-refractivity contribution in [1.29, 1.82) is 0 Å². The normalized spacial score (nSPS) is 14.8. The van der Waals surface area contributed by atoms with E-state index >= 15 is 0 Å². The summed E-state index contributed by atoms with van der Waals surface area (Å²) in [6.45, 7) is 4.65. The number of benzene rings is 7. The Kier molecular flexibility index (Phi) is 5.78. The number of pyridine rings is 1. The lowest BCUT2D eigenvalue weighted by Gasteiger charge is -2.33. The van der Waals surface area contributed by atoms with Crippen molar-refractivity contribution in [2.45, 2.75) is 24.7 Å². The van der Waals surface area contributed by atoms with Crippen LogP contribution < -0.4 is 4.90 Å². The zero-order chi connectivity index (χ0) is 35.8. The summed E-state index contributed by atoms with van der Waals surface area (Å²) in [7, 11) is 0. The zero-order valence-corrected chi connectivity index (χ0v) is 30.1. The van der Waals surface area contributed by atoms with Crippen LogP contribution in [0.25, 0.3) is 49.9 Å². The smallest absolute Gasteiger partial charge is 0.141 e. The first kappa shape index (κ1) is 29.8. The molecule has 0 unspecified atom stereocenters. The van der Waals surface area contributed by atoms with E-state index in [2.05, 4.69) is 193 Å². The van der Waals surface area contributed by atoms with Gasteiger partial charge in [0.05, 0.1) is 16.4 Å². The van der Waals surface area contributed by atoms with Crippen LogP contribution in [0, 0.1) is 0 Å². The number of para-hydroxylation sites is 2. The Balaban J connectivity index is 1.12. The van der Waals surface area contributed by atoms with Gasteiger partial charge in [-0.05, 0) is 98.6 Å². The SMILES string of the molecule is CC1(C)c2cccnc2-n2c3ccc(N(c4ccccc4)c4ccc5c(c4)C4(c6ccccc6-c6ccccc64)c4ccccc4-5)cc3c3cccc1c32. The van der Waals surface area contributed by atoms with Gasteiger partial charge in [-0.1, -0.05) is 135 Å². The number of fused-ring (bicyclic) bond motifs is 15. The summed E-state index contributed by atoms with van der Waals surface area (Å²) in [5.41, 5.74) is 18.5. The summed E-state index contributed by atoms with van der Waals surface area (Å²) in [4.78, 5) is 7.42. The van der Waals surface area contributed by atoms with Crippen LogP contribution in [0.3, 0.4) is 0 Å². The second kappa shape index (κ2) is 10.5. The van der Waals surface area contributed by atoms with E-state index in [0.29, 0.717) is 0 Å².